The number of nitrogens with two attached hydrogens (primary N) is 1. The Bertz CT molecular complexity index is 527. The van der Waals surface area contributed by atoms with Crippen molar-refractivity contribution in [2.24, 2.45) is 5.73 Å². The predicted octanol–water partition coefficient (Wildman–Crippen LogP) is 1.02. The maximum Gasteiger partial charge on any atom is 0.161 e. The molecular weight excluding hydrogens is 216 g/mol. The fourth-order valence-electron chi connectivity index (χ4n) is 1.83. The van der Waals surface area contributed by atoms with E-state index in [1.54, 1.807) is 0 Å². The Morgan fingerprint density at radius 3 is 2.65 bits per heavy atom. The van der Waals surface area contributed by atoms with E-state index >= 15 is 0 Å². The third-order valence-electron chi connectivity index (χ3n) is 2.69. The second-order valence-electron chi connectivity index (χ2n) is 5.17. The summed E-state index contributed by atoms with van der Waals surface area (Å²) in [5.41, 5.74) is 6.86. The predicted molar refractivity (Wildman–Crippen MR) is 65.7 cm³/mol. The molecule has 1 unspecified atom stereocenters. The lowest BCUT2D eigenvalue weighted by Crippen LogP contribution is -2.20. The first kappa shape index (κ1) is 12.0. The van der Waals surface area contributed by atoms with E-state index in [1.807, 2.05) is 22.6 Å². The van der Waals surface area contributed by atoms with Crippen molar-refractivity contribution in [2.45, 2.75) is 32.3 Å². The first-order valence-electron chi connectivity index (χ1n) is 5.68. The average Bonchev–Trinajstić information content (AvgIpc) is 2.70. The van der Waals surface area contributed by atoms with Crippen LogP contribution in [0.25, 0.3) is 5.65 Å². The first-order valence-corrected chi connectivity index (χ1v) is 5.68. The van der Waals surface area contributed by atoms with Gasteiger partial charge in [-0.25, -0.2) is 0 Å². The van der Waals surface area contributed by atoms with Gasteiger partial charge in [-0.15, -0.1) is 10.2 Å². The first-order chi connectivity index (χ1) is 7.95. The van der Waals surface area contributed by atoms with Gasteiger partial charge < -0.3 is 10.8 Å². The number of nitrogens with zero attached hydrogens (tertiary/aromatic N) is 3. The molecule has 0 saturated carbocycles. The minimum Gasteiger partial charge on any atom is -0.386 e. The molecule has 2 heterocycles. The van der Waals surface area contributed by atoms with Crippen LogP contribution in [0.2, 0.25) is 0 Å². The molecule has 5 nitrogen and oxygen atoms in total. The quantitative estimate of drug-likeness (QED) is 0.813. The normalized spacial score (nSPS) is 14.2. The Labute approximate surface area is 100 Å². The molecule has 1 atom stereocenters. The van der Waals surface area contributed by atoms with Crippen molar-refractivity contribution in [3.8, 4) is 0 Å². The molecule has 0 saturated heterocycles. The van der Waals surface area contributed by atoms with Crippen LogP contribution in [0.4, 0.5) is 0 Å². The highest BCUT2D eigenvalue weighted by Crippen LogP contribution is 2.24. The van der Waals surface area contributed by atoms with Crippen LogP contribution in [-0.4, -0.2) is 26.2 Å². The molecule has 3 N–H and O–H groups in total. The molecule has 17 heavy (non-hydrogen) atoms. The lowest BCUT2D eigenvalue weighted by atomic mass is 9.95. The summed E-state index contributed by atoms with van der Waals surface area (Å²) in [6, 6.07) is 5.57. The molecule has 2 rings (SSSR count). The summed E-state index contributed by atoms with van der Waals surface area (Å²) in [7, 11) is 0. The fourth-order valence-corrected chi connectivity index (χ4v) is 1.83. The van der Waals surface area contributed by atoms with Gasteiger partial charge in [-0.3, -0.25) is 4.40 Å². The summed E-state index contributed by atoms with van der Waals surface area (Å²) >= 11 is 0. The highest BCUT2D eigenvalue weighted by molar-refractivity contribution is 5.41. The van der Waals surface area contributed by atoms with Gasteiger partial charge in [-0.05, 0) is 12.1 Å². The Kier molecular flexibility index (Phi) is 2.89. The van der Waals surface area contributed by atoms with Crippen LogP contribution in [0.1, 0.15) is 38.4 Å². The molecule has 0 radical (unpaired) electrons. The number of rotatable bonds is 2. The maximum atomic E-state index is 9.93. The fraction of sp³-hybridized carbons (Fsp3) is 0.500. The van der Waals surface area contributed by atoms with Crippen LogP contribution in [-0.2, 0) is 5.41 Å². The zero-order valence-corrected chi connectivity index (χ0v) is 10.4. The average molecular weight is 234 g/mol. The van der Waals surface area contributed by atoms with Crippen LogP contribution in [0.5, 0.6) is 0 Å². The van der Waals surface area contributed by atoms with Crippen LogP contribution in [0.3, 0.4) is 0 Å². The van der Waals surface area contributed by atoms with Gasteiger partial charge in [0.05, 0.1) is 5.69 Å². The van der Waals surface area contributed by atoms with Gasteiger partial charge in [0.25, 0.3) is 0 Å². The van der Waals surface area contributed by atoms with Gasteiger partial charge in [-0.2, -0.15) is 0 Å². The minimum absolute atomic E-state index is 0.135. The van der Waals surface area contributed by atoms with E-state index in [2.05, 4.69) is 31.0 Å². The van der Waals surface area contributed by atoms with Crippen LogP contribution in [0, 0.1) is 0 Å². The van der Waals surface area contributed by atoms with Crippen molar-refractivity contribution in [1.82, 2.24) is 14.6 Å². The molecule has 0 aliphatic carbocycles. The Morgan fingerprint density at radius 1 is 1.35 bits per heavy atom. The van der Waals surface area contributed by atoms with Crippen molar-refractivity contribution >= 4 is 5.65 Å². The van der Waals surface area contributed by atoms with E-state index < -0.39 is 6.10 Å². The molecule has 0 amide bonds. The third-order valence-corrected chi connectivity index (χ3v) is 2.69. The summed E-state index contributed by atoms with van der Waals surface area (Å²) in [6.07, 6.45) is -0.698. The van der Waals surface area contributed by atoms with Gasteiger partial charge in [0.15, 0.2) is 5.65 Å². The maximum absolute atomic E-state index is 9.93. The summed E-state index contributed by atoms with van der Waals surface area (Å²) in [5.74, 6) is 0.829. The lowest BCUT2D eigenvalue weighted by Gasteiger charge is -2.19. The summed E-state index contributed by atoms with van der Waals surface area (Å²) in [4.78, 5) is 0. The Balaban J connectivity index is 2.72. The number of hydrogen-bond donors (Lipinski definition) is 2. The van der Waals surface area contributed by atoms with Crippen LogP contribution >= 0.6 is 0 Å². The highest BCUT2D eigenvalue weighted by atomic mass is 16.3. The van der Waals surface area contributed by atoms with E-state index in [0.717, 1.165) is 17.2 Å². The van der Waals surface area contributed by atoms with Gasteiger partial charge in [0, 0.05) is 12.0 Å². The number of aliphatic hydroxyl groups excluding tert-OH is 1. The molecule has 0 fully saturated rings. The van der Waals surface area contributed by atoms with E-state index in [4.69, 9.17) is 5.73 Å². The van der Waals surface area contributed by atoms with Crippen molar-refractivity contribution in [1.29, 1.82) is 0 Å². The topological polar surface area (TPSA) is 76.4 Å². The van der Waals surface area contributed by atoms with Crippen molar-refractivity contribution < 1.29 is 5.11 Å². The molecule has 0 bridgehead atoms. The zero-order chi connectivity index (χ0) is 12.6. The van der Waals surface area contributed by atoms with Crippen molar-refractivity contribution in [3.05, 3.63) is 29.7 Å². The van der Waals surface area contributed by atoms with Crippen LogP contribution in [0.15, 0.2) is 18.2 Å². The molecule has 0 spiro atoms. The second-order valence-corrected chi connectivity index (χ2v) is 5.17. The number of hydrogen-bond acceptors (Lipinski definition) is 4. The standard InChI is InChI=1S/C12H18N4O/c1-12(2,3)11-15-14-10-6-4-5-8(16(10)11)9(17)7-13/h4-6,9,17H,7,13H2,1-3H3. The molecule has 92 valence electrons. The molecule has 2 aromatic heterocycles. The van der Waals surface area contributed by atoms with Gasteiger partial charge in [0.2, 0.25) is 0 Å². The second kappa shape index (κ2) is 4.09. The Hall–Kier alpha value is -1.46. The third kappa shape index (κ3) is 2.03. The van der Waals surface area contributed by atoms with E-state index in [0.29, 0.717) is 0 Å². The SMILES string of the molecule is CC(C)(C)c1nnc2cccc(C(O)CN)n12. The molecule has 0 aliphatic rings. The van der Waals surface area contributed by atoms with E-state index in [9.17, 15) is 5.11 Å². The molecule has 5 heteroatoms. The molecule has 2 aromatic rings. The lowest BCUT2D eigenvalue weighted by molar-refractivity contribution is 0.179. The minimum atomic E-state index is -0.698. The number of fused-ring (bicyclic) bond motifs is 1. The Morgan fingerprint density at radius 2 is 2.06 bits per heavy atom. The largest absolute Gasteiger partial charge is 0.386 e. The van der Waals surface area contributed by atoms with Crippen LogP contribution < -0.4 is 5.73 Å². The summed E-state index contributed by atoms with van der Waals surface area (Å²) in [6.45, 7) is 6.38. The van der Waals surface area contributed by atoms with Gasteiger partial charge >= 0.3 is 0 Å². The van der Waals surface area contributed by atoms with Gasteiger partial charge in [-0.1, -0.05) is 26.8 Å². The molecular formula is C12H18N4O. The number of aromatic nitrogens is 3. The number of pyridine rings is 1. The smallest absolute Gasteiger partial charge is 0.161 e. The number of aliphatic hydroxyl groups is 1. The monoisotopic (exact) mass is 234 g/mol. The van der Waals surface area contributed by atoms with Crippen molar-refractivity contribution in [2.75, 3.05) is 6.54 Å². The summed E-state index contributed by atoms with van der Waals surface area (Å²) in [5, 5.41) is 18.3. The van der Waals surface area contributed by atoms with Crippen molar-refractivity contribution in [3.63, 3.8) is 0 Å². The zero-order valence-electron chi connectivity index (χ0n) is 10.4. The van der Waals surface area contributed by atoms with E-state index in [1.165, 1.54) is 0 Å². The molecule has 0 aliphatic heterocycles. The summed E-state index contributed by atoms with van der Waals surface area (Å²) < 4.78 is 1.89. The molecule has 0 aromatic carbocycles. The van der Waals surface area contributed by atoms with Gasteiger partial charge in [0.1, 0.15) is 11.9 Å². The van der Waals surface area contributed by atoms with E-state index in [-0.39, 0.29) is 12.0 Å². The highest BCUT2D eigenvalue weighted by Gasteiger charge is 2.23.